The van der Waals surface area contributed by atoms with Crippen molar-refractivity contribution in [2.45, 2.75) is 133 Å². The molecule has 3 aliphatic rings. The molecule has 3 atom stereocenters. The average molecular weight is 1170 g/mol. The molecule has 0 aliphatic carbocycles. The summed E-state index contributed by atoms with van der Waals surface area (Å²) in [5.74, 6) is 1.27. The van der Waals surface area contributed by atoms with Crippen LogP contribution in [0.1, 0.15) is 82.3 Å². The Labute approximate surface area is 476 Å². The molecule has 6 aromatic carbocycles. The molecule has 0 spiro atoms. The van der Waals surface area contributed by atoms with Gasteiger partial charge in [0.25, 0.3) is 0 Å². The van der Waals surface area contributed by atoms with Gasteiger partial charge in [0, 0.05) is 27.1 Å². The zero-order valence-electron chi connectivity index (χ0n) is 47.1. The molecule has 0 saturated heterocycles. The Morgan fingerprint density at radius 2 is 0.864 bits per heavy atom. The first-order chi connectivity index (χ1) is 38.1. The van der Waals surface area contributed by atoms with Crippen LogP contribution in [-0.4, -0.2) is 123 Å². The first kappa shape index (κ1) is 61.4. The predicted molar refractivity (Wildman–Crippen MR) is 305 cm³/mol. The van der Waals surface area contributed by atoms with Gasteiger partial charge in [-0.15, -0.1) is 0 Å². The van der Waals surface area contributed by atoms with Gasteiger partial charge in [0.05, 0.1) is 48.0 Å². The van der Waals surface area contributed by atoms with Crippen LogP contribution in [-0.2, 0) is 51.8 Å². The summed E-state index contributed by atoms with van der Waals surface area (Å²) in [7, 11) is -5.73. The molecule has 0 radical (unpaired) electrons. The van der Waals surface area contributed by atoms with Crippen LogP contribution in [0.15, 0.2) is 175 Å². The standard InChI is InChI=1S/C22H25NO6S.C22H27NO5S.C17H19NO3S/c1-22(2,3)29-21(25)23(4)14-15-12-19(24)18-11-10-17(13-20(18)28-15)30(26,27)16-8-6-5-7-9-16;1-22(2,3)28-21(24)23(4)15-17-12-10-16-11-13-19(14-20(16)27-17)29(25,26)18-8-6-5-7-9-18;1-18-12-14-9-7-13-8-10-16(11-17(13)21-14)22(19,20)15-5-3-2-4-6-15/h5-11,13,15H,12,14H2,1-4H3;5-9,11,13-14,17H,10,12,15H2,1-4H3;2-6,8,10-11,14,18H,7,9,12H2,1H3. The number of amides is 2. The monoisotopic (exact) mass is 1170 g/mol. The van der Waals surface area contributed by atoms with Crippen molar-refractivity contribution in [2.24, 2.45) is 0 Å². The number of hydrogen-bond donors (Lipinski definition) is 1. The Morgan fingerprint density at radius 1 is 0.506 bits per heavy atom. The summed E-state index contributed by atoms with van der Waals surface area (Å²) in [6.45, 7) is 12.0. The molecule has 0 saturated carbocycles. The second-order valence-corrected chi connectivity index (χ2v) is 27.7. The van der Waals surface area contributed by atoms with Crippen LogP contribution < -0.4 is 19.5 Å². The van der Waals surface area contributed by atoms with Crippen molar-refractivity contribution >= 4 is 47.5 Å². The van der Waals surface area contributed by atoms with E-state index in [2.05, 4.69) is 5.32 Å². The van der Waals surface area contributed by atoms with E-state index < -0.39 is 59.0 Å². The van der Waals surface area contributed by atoms with Crippen LogP contribution in [0.4, 0.5) is 9.59 Å². The zero-order chi connectivity index (χ0) is 58.9. The molecule has 432 valence electrons. The fourth-order valence-electron chi connectivity index (χ4n) is 8.93. The van der Waals surface area contributed by atoms with Crippen molar-refractivity contribution in [1.29, 1.82) is 0 Å². The summed E-state index contributed by atoms with van der Waals surface area (Å²) in [6.07, 6.45) is 1.77. The lowest BCUT2D eigenvalue weighted by Crippen LogP contribution is -2.42. The highest BCUT2D eigenvalue weighted by atomic mass is 32.2. The molecule has 0 bridgehead atoms. The minimum absolute atomic E-state index is 0.0430. The maximum absolute atomic E-state index is 12.9. The van der Waals surface area contributed by atoms with E-state index in [-0.39, 0.29) is 61.2 Å². The molecule has 20 heteroatoms. The maximum atomic E-state index is 12.9. The van der Waals surface area contributed by atoms with Crippen LogP contribution in [0.25, 0.3) is 0 Å². The van der Waals surface area contributed by atoms with E-state index in [0.717, 1.165) is 43.4 Å². The number of benzene rings is 6. The first-order valence-electron chi connectivity index (χ1n) is 26.5. The number of Topliss-reactive ketones (excluding diaryl/α,β-unsaturated/α-hetero) is 1. The topological polar surface area (TPSA) is 218 Å². The van der Waals surface area contributed by atoms with E-state index in [1.165, 1.54) is 40.1 Å². The maximum Gasteiger partial charge on any atom is 0.410 e. The van der Waals surface area contributed by atoms with Crippen molar-refractivity contribution in [3.63, 3.8) is 0 Å². The number of carbonyl (C=O) groups excluding carboxylic acids is 3. The molecule has 81 heavy (non-hydrogen) atoms. The zero-order valence-corrected chi connectivity index (χ0v) is 49.5. The fourth-order valence-corrected chi connectivity index (χ4v) is 12.8. The lowest BCUT2D eigenvalue weighted by atomic mass is 10.0. The van der Waals surface area contributed by atoms with Gasteiger partial charge in [-0.05, 0) is 164 Å². The van der Waals surface area contributed by atoms with E-state index in [4.69, 9.17) is 23.7 Å². The van der Waals surface area contributed by atoms with E-state index in [9.17, 15) is 39.6 Å². The summed E-state index contributed by atoms with van der Waals surface area (Å²) < 4.78 is 105. The molecule has 3 aliphatic heterocycles. The quantitative estimate of drug-likeness (QED) is 0.121. The number of fused-ring (bicyclic) bond motifs is 3. The van der Waals surface area contributed by atoms with E-state index in [1.807, 2.05) is 33.9 Å². The van der Waals surface area contributed by atoms with Crippen molar-refractivity contribution in [2.75, 3.05) is 40.8 Å². The first-order valence-corrected chi connectivity index (χ1v) is 31.0. The summed E-state index contributed by atoms with van der Waals surface area (Å²) in [4.78, 5) is 41.0. The SMILES string of the molecule is CN(CC1CC(=O)c2ccc(S(=O)(=O)c3ccccc3)cc2O1)C(=O)OC(C)(C)C.CN(CC1CCc2ccc(S(=O)(=O)c3ccccc3)cc2O1)C(=O)OC(C)(C)C.CNCC1CCc2ccc(S(=O)(=O)c3ccccc3)cc2O1. The predicted octanol–water partition coefficient (Wildman–Crippen LogP) is 10.2. The van der Waals surface area contributed by atoms with E-state index in [0.29, 0.717) is 28.5 Å². The van der Waals surface area contributed by atoms with Gasteiger partial charge in [-0.2, -0.15) is 0 Å². The highest BCUT2D eigenvalue weighted by Gasteiger charge is 2.33. The largest absolute Gasteiger partial charge is 0.489 e. The summed E-state index contributed by atoms with van der Waals surface area (Å²) in [5.41, 5.74) is 1.17. The molecule has 1 N–H and O–H groups in total. The third kappa shape index (κ3) is 16.0. The molecule has 3 unspecified atom stereocenters. The number of ketones is 1. The smallest absolute Gasteiger partial charge is 0.410 e. The van der Waals surface area contributed by atoms with Crippen LogP contribution >= 0.6 is 0 Å². The summed E-state index contributed by atoms with van der Waals surface area (Å²) >= 11 is 0. The van der Waals surface area contributed by atoms with Crippen LogP contribution in [0.3, 0.4) is 0 Å². The van der Waals surface area contributed by atoms with Crippen molar-refractivity contribution in [3.8, 4) is 17.2 Å². The number of hydrogen-bond acceptors (Lipinski definition) is 15. The number of rotatable bonds is 12. The Balaban J connectivity index is 0.000000177. The summed E-state index contributed by atoms with van der Waals surface area (Å²) in [6, 6.07) is 39.3. The average Bonchev–Trinajstić information content (AvgIpc) is 3.51. The molecule has 2 amide bonds. The van der Waals surface area contributed by atoms with Gasteiger partial charge < -0.3 is 38.8 Å². The number of carbonyl (C=O) groups is 3. The lowest BCUT2D eigenvalue weighted by Gasteiger charge is -2.31. The van der Waals surface area contributed by atoms with Gasteiger partial charge in [0.15, 0.2) is 5.78 Å². The molecular weight excluding hydrogens is 1090 g/mol. The Bertz CT molecular complexity index is 3530. The Morgan fingerprint density at radius 3 is 1.27 bits per heavy atom. The molecule has 0 aromatic heterocycles. The minimum atomic E-state index is -3.74. The normalized spacial score (nSPS) is 16.8. The molecule has 9 rings (SSSR count). The van der Waals surface area contributed by atoms with Crippen molar-refractivity contribution in [3.05, 3.63) is 162 Å². The van der Waals surface area contributed by atoms with Gasteiger partial charge in [0.1, 0.15) is 46.8 Å². The van der Waals surface area contributed by atoms with Crippen LogP contribution in [0, 0.1) is 0 Å². The Kier molecular flexibility index (Phi) is 19.5. The highest BCUT2D eigenvalue weighted by Crippen LogP contribution is 2.36. The van der Waals surface area contributed by atoms with Gasteiger partial charge in [-0.3, -0.25) is 4.79 Å². The van der Waals surface area contributed by atoms with E-state index >= 15 is 0 Å². The molecule has 0 fully saturated rings. The third-order valence-electron chi connectivity index (χ3n) is 13.0. The van der Waals surface area contributed by atoms with Crippen LogP contribution in [0.2, 0.25) is 0 Å². The fraction of sp³-hybridized carbons (Fsp3) is 0.361. The van der Waals surface area contributed by atoms with Crippen molar-refractivity contribution in [1.82, 2.24) is 15.1 Å². The molecule has 3 heterocycles. The Hall–Kier alpha value is -7.26. The van der Waals surface area contributed by atoms with Gasteiger partial charge in [-0.25, -0.2) is 34.8 Å². The number of nitrogens with zero attached hydrogens (tertiary/aromatic N) is 2. The number of sulfone groups is 3. The van der Waals surface area contributed by atoms with Gasteiger partial charge in [0.2, 0.25) is 29.5 Å². The molecule has 17 nitrogen and oxygen atoms in total. The minimum Gasteiger partial charge on any atom is -0.489 e. The van der Waals surface area contributed by atoms with Crippen LogP contribution in [0.5, 0.6) is 17.2 Å². The highest BCUT2D eigenvalue weighted by molar-refractivity contribution is 7.92. The summed E-state index contributed by atoms with van der Waals surface area (Å²) in [5, 5.41) is 3.10. The third-order valence-corrected chi connectivity index (χ3v) is 18.3. The molecular formula is C61H71N3O14S3. The second kappa shape index (κ2) is 25.7. The van der Waals surface area contributed by atoms with E-state index in [1.54, 1.807) is 144 Å². The number of aryl methyl sites for hydroxylation is 2. The van der Waals surface area contributed by atoms with Gasteiger partial charge in [-0.1, -0.05) is 66.7 Å². The number of nitrogens with one attached hydrogen (secondary N) is 1. The number of ether oxygens (including phenoxy) is 5. The van der Waals surface area contributed by atoms with Crippen molar-refractivity contribution < 1.29 is 63.3 Å². The van der Waals surface area contributed by atoms with Gasteiger partial charge >= 0.3 is 12.2 Å². The lowest BCUT2D eigenvalue weighted by molar-refractivity contribution is 0.0205. The number of likely N-dealkylation sites (N-methyl/N-ethyl adjacent to an activating group) is 3. The molecule has 6 aromatic rings. The second-order valence-electron chi connectivity index (χ2n) is 21.9.